The number of hydrogen-bond donors (Lipinski definition) is 0. The Labute approximate surface area is 380 Å². The third-order valence-electron chi connectivity index (χ3n) is 13.1. The van der Waals surface area contributed by atoms with Gasteiger partial charge in [-0.3, -0.25) is 4.57 Å². The van der Waals surface area contributed by atoms with E-state index in [2.05, 4.69) is 248 Å². The second kappa shape index (κ2) is 15.9. The number of rotatable bonds is 8. The molecule has 0 saturated carbocycles. The first-order valence-corrected chi connectivity index (χ1v) is 22.7. The summed E-state index contributed by atoms with van der Waals surface area (Å²) in [5, 5.41) is 2.33. The van der Waals surface area contributed by atoms with Crippen LogP contribution in [0.3, 0.4) is 0 Å². The van der Waals surface area contributed by atoms with Crippen LogP contribution in [-0.4, -0.2) is 16.2 Å². The van der Waals surface area contributed by atoms with E-state index < -0.39 is 0 Å². The molecule has 2 aromatic heterocycles. The highest BCUT2D eigenvalue weighted by Gasteiger charge is 2.30. The molecule has 0 fully saturated rings. The number of nitrogens with zero attached hydrogens (tertiary/aromatic N) is 4. The number of ether oxygens (including phenoxy) is 1. The molecule has 0 atom stereocenters. The van der Waals surface area contributed by atoms with Crippen molar-refractivity contribution in [3.8, 4) is 17.3 Å². The van der Waals surface area contributed by atoms with Crippen molar-refractivity contribution in [3.63, 3.8) is 0 Å². The molecule has 0 N–H and O–H groups in total. The Kier molecular flexibility index (Phi) is 10.6. The predicted octanol–water partition coefficient (Wildman–Crippen LogP) is 15.5. The summed E-state index contributed by atoms with van der Waals surface area (Å²) in [6.07, 6.45) is 4.27. The van der Waals surface area contributed by atoms with Crippen LogP contribution in [0.4, 0.5) is 11.4 Å². The van der Waals surface area contributed by atoms with E-state index in [1.54, 1.807) is 0 Å². The van der Waals surface area contributed by atoms with Crippen molar-refractivity contribution >= 4 is 38.9 Å². The van der Waals surface area contributed by atoms with Crippen molar-refractivity contribution in [2.45, 2.75) is 97.8 Å². The van der Waals surface area contributed by atoms with Crippen molar-refractivity contribution in [2.24, 2.45) is 0 Å². The molecule has 3 heterocycles. The fourth-order valence-electron chi connectivity index (χ4n) is 8.92. The van der Waals surface area contributed by atoms with Crippen molar-refractivity contribution in [1.29, 1.82) is 0 Å². The first-order valence-electron chi connectivity index (χ1n) is 22.7. The first kappa shape index (κ1) is 42.7. The fourth-order valence-corrected chi connectivity index (χ4v) is 8.92. The Morgan fingerprint density at radius 2 is 1.06 bits per heavy atom. The van der Waals surface area contributed by atoms with Gasteiger partial charge in [-0.15, -0.1) is 0 Å². The Morgan fingerprint density at radius 1 is 0.469 bits per heavy atom. The van der Waals surface area contributed by atoms with E-state index in [4.69, 9.17) is 9.72 Å². The lowest BCUT2D eigenvalue weighted by molar-refractivity contribution is 0.479. The number of para-hydroxylation sites is 1. The van der Waals surface area contributed by atoms with Crippen molar-refractivity contribution < 1.29 is 4.74 Å². The molecule has 0 radical (unpaired) electrons. The maximum absolute atomic E-state index is 7.01. The Morgan fingerprint density at radius 3 is 1.73 bits per heavy atom. The summed E-state index contributed by atoms with van der Waals surface area (Å²) < 4.78 is 9.30. The molecule has 6 aromatic carbocycles. The minimum Gasteiger partial charge on any atom is -0.457 e. The molecule has 0 bridgehead atoms. The van der Waals surface area contributed by atoms with Gasteiger partial charge in [0.1, 0.15) is 17.3 Å². The maximum atomic E-state index is 7.01. The molecule has 9 rings (SSSR count). The third-order valence-corrected chi connectivity index (χ3v) is 13.1. The van der Waals surface area contributed by atoms with E-state index >= 15 is 0 Å². The van der Waals surface area contributed by atoms with Gasteiger partial charge in [0.2, 0.25) is 0 Å². The van der Waals surface area contributed by atoms with E-state index in [0.29, 0.717) is 6.67 Å². The SMILES string of the molecule is CC(C)(C)c1cc(Oc2ccc3c4ccccc4n(-c4cc(C(C)(C)c5ccccc5)ccn4)c3c2)cc(N2CN(c3cc(C(C)(C)C)cc(C(C)(C)C)c3)C=C2c2ccccc2)c1. The smallest absolute Gasteiger partial charge is 0.137 e. The molecule has 0 spiro atoms. The van der Waals surface area contributed by atoms with E-state index in [1.165, 1.54) is 44.5 Å². The fraction of sp³-hybridized carbons (Fsp3) is 0.271. The normalized spacial score (nSPS) is 13.8. The number of hydrogen-bond acceptors (Lipinski definition) is 4. The summed E-state index contributed by atoms with van der Waals surface area (Å²) in [5.74, 6) is 2.44. The lowest BCUT2D eigenvalue weighted by atomic mass is 9.78. The average molecular weight is 843 g/mol. The van der Waals surface area contributed by atoms with Crippen LogP contribution in [-0.2, 0) is 21.7 Å². The molecular formula is C59H62N4O. The van der Waals surface area contributed by atoms with E-state index in [9.17, 15) is 0 Å². The Bertz CT molecular complexity index is 2990. The highest BCUT2D eigenvalue weighted by molar-refractivity contribution is 6.09. The zero-order valence-corrected chi connectivity index (χ0v) is 39.5. The van der Waals surface area contributed by atoms with Crippen LogP contribution in [0.1, 0.15) is 110 Å². The summed E-state index contributed by atoms with van der Waals surface area (Å²) in [4.78, 5) is 9.85. The van der Waals surface area contributed by atoms with Gasteiger partial charge in [0, 0.05) is 52.1 Å². The van der Waals surface area contributed by atoms with Crippen molar-refractivity contribution in [1.82, 2.24) is 9.55 Å². The zero-order chi connectivity index (χ0) is 45.2. The summed E-state index contributed by atoms with van der Waals surface area (Å²) >= 11 is 0. The average Bonchev–Trinajstić information content (AvgIpc) is 3.86. The Balaban J connectivity index is 1.13. The summed E-state index contributed by atoms with van der Waals surface area (Å²) in [5.41, 5.74) is 12.8. The van der Waals surface area contributed by atoms with Gasteiger partial charge in [-0.2, -0.15) is 0 Å². The minimum absolute atomic E-state index is 0.00584. The largest absolute Gasteiger partial charge is 0.457 e. The number of aromatic nitrogens is 2. The van der Waals surface area contributed by atoms with Crippen molar-refractivity contribution in [3.05, 3.63) is 197 Å². The second-order valence-electron chi connectivity index (χ2n) is 21.2. The number of pyridine rings is 1. The summed E-state index contributed by atoms with van der Waals surface area (Å²) in [6, 6.07) is 54.8. The molecule has 5 heteroatoms. The van der Waals surface area contributed by atoms with Crippen LogP contribution < -0.4 is 14.5 Å². The second-order valence-corrected chi connectivity index (χ2v) is 21.2. The monoisotopic (exact) mass is 842 g/mol. The van der Waals surface area contributed by atoms with E-state index in [0.717, 1.165) is 45.1 Å². The van der Waals surface area contributed by atoms with Gasteiger partial charge < -0.3 is 14.5 Å². The lowest BCUT2D eigenvalue weighted by Crippen LogP contribution is -2.27. The topological polar surface area (TPSA) is 33.5 Å². The Hall–Kier alpha value is -6.59. The van der Waals surface area contributed by atoms with Gasteiger partial charge in [0.25, 0.3) is 0 Å². The lowest BCUT2D eigenvalue weighted by Gasteiger charge is -2.30. The molecule has 0 saturated heterocycles. The van der Waals surface area contributed by atoms with Crippen LogP contribution in [0, 0.1) is 0 Å². The van der Waals surface area contributed by atoms with Gasteiger partial charge in [0.15, 0.2) is 0 Å². The van der Waals surface area contributed by atoms with Gasteiger partial charge in [-0.1, -0.05) is 161 Å². The van der Waals surface area contributed by atoms with Gasteiger partial charge in [-0.05, 0) is 104 Å². The quantitative estimate of drug-likeness (QED) is 0.153. The molecule has 0 amide bonds. The maximum Gasteiger partial charge on any atom is 0.137 e. The van der Waals surface area contributed by atoms with E-state index in [1.807, 2.05) is 6.20 Å². The van der Waals surface area contributed by atoms with Crippen LogP contribution in [0.5, 0.6) is 11.5 Å². The molecule has 8 aromatic rings. The minimum atomic E-state index is -0.213. The number of benzene rings is 6. The third kappa shape index (κ3) is 8.20. The molecule has 0 unspecified atom stereocenters. The van der Waals surface area contributed by atoms with Crippen LogP contribution >= 0.6 is 0 Å². The van der Waals surface area contributed by atoms with Gasteiger partial charge in [-0.25, -0.2) is 4.98 Å². The molecule has 1 aliphatic heterocycles. The number of anilines is 2. The number of fused-ring (bicyclic) bond motifs is 3. The molecule has 324 valence electrons. The highest BCUT2D eigenvalue weighted by Crippen LogP contribution is 2.43. The van der Waals surface area contributed by atoms with Crippen molar-refractivity contribution in [2.75, 3.05) is 16.5 Å². The van der Waals surface area contributed by atoms with Crippen LogP contribution in [0.2, 0.25) is 0 Å². The van der Waals surface area contributed by atoms with Gasteiger partial charge >= 0.3 is 0 Å². The highest BCUT2D eigenvalue weighted by atomic mass is 16.5. The molecular weight excluding hydrogens is 781 g/mol. The molecule has 64 heavy (non-hydrogen) atoms. The van der Waals surface area contributed by atoms with Gasteiger partial charge in [0.05, 0.1) is 23.4 Å². The molecule has 1 aliphatic rings. The van der Waals surface area contributed by atoms with Crippen LogP contribution in [0.15, 0.2) is 164 Å². The zero-order valence-electron chi connectivity index (χ0n) is 39.5. The summed E-state index contributed by atoms with van der Waals surface area (Å²) in [6.45, 7) is 25.9. The molecule has 5 nitrogen and oxygen atoms in total. The summed E-state index contributed by atoms with van der Waals surface area (Å²) in [7, 11) is 0. The predicted molar refractivity (Wildman–Crippen MR) is 270 cm³/mol. The molecule has 0 aliphatic carbocycles. The van der Waals surface area contributed by atoms with E-state index in [-0.39, 0.29) is 21.7 Å². The standard InChI is InChI=1S/C59H62N4O/c1-56(2,3)43-30-44(57(4,5)6)32-46(31-43)61-38-54(40-20-14-12-15-21-40)62(39-61)47-33-45(58(7,8)9)34-49(36-47)64-48-26-27-51-50-24-18-19-25-52(50)63(53(51)37-48)55-35-42(28-29-60-55)59(10,11)41-22-16-13-17-23-41/h12-38H,39H2,1-11H3. The first-order chi connectivity index (χ1) is 30.3. The van der Waals surface area contributed by atoms with Crippen LogP contribution in [0.25, 0.3) is 33.3 Å².